The van der Waals surface area contributed by atoms with Gasteiger partial charge in [0.05, 0.1) is 11.8 Å². The molecule has 0 aliphatic carbocycles. The minimum absolute atomic E-state index is 0.120. The van der Waals surface area contributed by atoms with Gasteiger partial charge in [-0.1, -0.05) is 29.8 Å². The first kappa shape index (κ1) is 10.4. The van der Waals surface area contributed by atoms with Crippen molar-refractivity contribution in [3.05, 3.63) is 34.9 Å². The summed E-state index contributed by atoms with van der Waals surface area (Å²) in [6.45, 7) is 0. The van der Waals surface area contributed by atoms with Gasteiger partial charge in [0.1, 0.15) is 0 Å². The fourth-order valence-corrected chi connectivity index (χ4v) is 1.64. The molecule has 0 amide bonds. The van der Waals surface area contributed by atoms with Crippen LogP contribution in [0.5, 0.6) is 0 Å². The molecule has 1 aromatic rings. The predicted octanol–water partition coefficient (Wildman–Crippen LogP) is 3.09. The van der Waals surface area contributed by atoms with E-state index in [9.17, 15) is 4.79 Å². The van der Waals surface area contributed by atoms with Crippen LogP contribution in [0.25, 0.3) is 0 Å². The molecular weight excluding hydrogens is 211 g/mol. The molecule has 4 heteroatoms. The standard InChI is InChI=1S/C9H8Cl2O2/c10-7-4-2-1-3-6(7)8(11)5-9(12)13/h1-4,8H,5H2,(H,12,13). The van der Waals surface area contributed by atoms with Crippen LogP contribution in [-0.2, 0) is 4.79 Å². The van der Waals surface area contributed by atoms with Crippen molar-refractivity contribution >= 4 is 29.2 Å². The zero-order valence-electron chi connectivity index (χ0n) is 6.71. The lowest BCUT2D eigenvalue weighted by Gasteiger charge is -2.08. The van der Waals surface area contributed by atoms with Gasteiger partial charge in [0.25, 0.3) is 0 Å². The number of alkyl halides is 1. The first-order valence-corrected chi connectivity index (χ1v) is 4.53. The SMILES string of the molecule is O=C(O)CC(Cl)c1ccccc1Cl. The highest BCUT2D eigenvalue weighted by Gasteiger charge is 2.14. The molecule has 0 spiro atoms. The van der Waals surface area contributed by atoms with Gasteiger partial charge in [0.2, 0.25) is 0 Å². The van der Waals surface area contributed by atoms with Crippen molar-refractivity contribution < 1.29 is 9.90 Å². The average Bonchev–Trinajstić information content (AvgIpc) is 2.03. The maximum atomic E-state index is 10.4. The Labute approximate surface area is 86.1 Å². The van der Waals surface area contributed by atoms with E-state index >= 15 is 0 Å². The molecule has 2 nitrogen and oxygen atoms in total. The molecule has 0 saturated heterocycles. The second-order valence-electron chi connectivity index (χ2n) is 2.59. The van der Waals surface area contributed by atoms with Gasteiger partial charge in [0, 0.05) is 5.02 Å². The maximum absolute atomic E-state index is 10.4. The Morgan fingerprint density at radius 2 is 2.08 bits per heavy atom. The number of carbonyl (C=O) groups is 1. The summed E-state index contributed by atoms with van der Waals surface area (Å²) in [5, 5.41) is 8.45. The third-order valence-corrected chi connectivity index (χ3v) is 2.33. The van der Waals surface area contributed by atoms with Gasteiger partial charge in [-0.15, -0.1) is 11.6 Å². The number of hydrogen-bond acceptors (Lipinski definition) is 1. The van der Waals surface area contributed by atoms with E-state index in [0.29, 0.717) is 10.6 Å². The molecule has 1 aromatic carbocycles. The Bertz CT molecular complexity index is 312. The maximum Gasteiger partial charge on any atom is 0.305 e. The van der Waals surface area contributed by atoms with E-state index in [1.165, 1.54) is 0 Å². The van der Waals surface area contributed by atoms with Crippen molar-refractivity contribution in [3.63, 3.8) is 0 Å². The number of carboxylic acid groups (broad SMARTS) is 1. The van der Waals surface area contributed by atoms with Crippen LogP contribution in [0.15, 0.2) is 24.3 Å². The first-order chi connectivity index (χ1) is 6.11. The van der Waals surface area contributed by atoms with E-state index in [1.807, 2.05) is 0 Å². The van der Waals surface area contributed by atoms with Gasteiger partial charge in [0.15, 0.2) is 0 Å². The minimum atomic E-state index is -0.931. The van der Waals surface area contributed by atoms with Gasteiger partial charge in [-0.05, 0) is 11.6 Å². The van der Waals surface area contributed by atoms with Crippen LogP contribution in [-0.4, -0.2) is 11.1 Å². The van der Waals surface area contributed by atoms with Crippen LogP contribution < -0.4 is 0 Å². The Kier molecular flexibility index (Phi) is 3.58. The summed E-state index contributed by atoms with van der Waals surface area (Å²) in [5.74, 6) is -0.931. The van der Waals surface area contributed by atoms with Gasteiger partial charge in [-0.3, -0.25) is 4.79 Å². The summed E-state index contributed by atoms with van der Waals surface area (Å²) in [5.41, 5.74) is 0.660. The number of aliphatic carboxylic acids is 1. The summed E-state index contributed by atoms with van der Waals surface area (Å²) in [6.07, 6.45) is -0.120. The normalized spacial score (nSPS) is 12.5. The van der Waals surface area contributed by atoms with Crippen LogP contribution in [0.2, 0.25) is 5.02 Å². The summed E-state index contributed by atoms with van der Waals surface area (Å²) < 4.78 is 0. The van der Waals surface area contributed by atoms with Gasteiger partial charge >= 0.3 is 5.97 Å². The first-order valence-electron chi connectivity index (χ1n) is 3.71. The van der Waals surface area contributed by atoms with Crippen LogP contribution >= 0.6 is 23.2 Å². The number of benzene rings is 1. The molecule has 1 atom stereocenters. The van der Waals surface area contributed by atoms with Crippen molar-refractivity contribution in [2.24, 2.45) is 0 Å². The molecule has 0 fully saturated rings. The number of hydrogen-bond donors (Lipinski definition) is 1. The van der Waals surface area contributed by atoms with Gasteiger partial charge in [-0.2, -0.15) is 0 Å². The third kappa shape index (κ3) is 2.90. The van der Waals surface area contributed by atoms with Crippen molar-refractivity contribution in [2.75, 3.05) is 0 Å². The summed E-state index contributed by atoms with van der Waals surface area (Å²) in [4.78, 5) is 10.4. The molecule has 0 bridgehead atoms. The highest BCUT2D eigenvalue weighted by molar-refractivity contribution is 6.32. The highest BCUT2D eigenvalue weighted by atomic mass is 35.5. The largest absolute Gasteiger partial charge is 0.481 e. The van der Waals surface area contributed by atoms with Crippen LogP contribution in [0.1, 0.15) is 17.4 Å². The van der Waals surface area contributed by atoms with E-state index in [4.69, 9.17) is 28.3 Å². The summed E-state index contributed by atoms with van der Waals surface area (Å²) in [7, 11) is 0. The molecule has 0 radical (unpaired) electrons. The fraction of sp³-hybridized carbons (Fsp3) is 0.222. The lowest BCUT2D eigenvalue weighted by molar-refractivity contribution is -0.137. The van der Waals surface area contributed by atoms with E-state index in [2.05, 4.69) is 0 Å². The molecule has 1 rings (SSSR count). The van der Waals surface area contributed by atoms with E-state index in [1.54, 1.807) is 24.3 Å². The minimum Gasteiger partial charge on any atom is -0.481 e. The fourth-order valence-electron chi connectivity index (χ4n) is 0.992. The Morgan fingerprint density at radius 1 is 1.46 bits per heavy atom. The van der Waals surface area contributed by atoms with Crippen molar-refractivity contribution in [1.29, 1.82) is 0 Å². The van der Waals surface area contributed by atoms with Gasteiger partial charge < -0.3 is 5.11 Å². The molecule has 13 heavy (non-hydrogen) atoms. The van der Waals surface area contributed by atoms with Crippen molar-refractivity contribution in [3.8, 4) is 0 Å². The van der Waals surface area contributed by atoms with E-state index in [-0.39, 0.29) is 6.42 Å². The molecule has 1 unspecified atom stereocenters. The Balaban J connectivity index is 2.82. The second kappa shape index (κ2) is 4.49. The average molecular weight is 219 g/mol. The molecule has 0 aliphatic heterocycles. The quantitative estimate of drug-likeness (QED) is 0.793. The molecule has 0 aromatic heterocycles. The molecule has 70 valence electrons. The lowest BCUT2D eigenvalue weighted by Crippen LogP contribution is -2.01. The molecule has 0 saturated carbocycles. The van der Waals surface area contributed by atoms with Crippen molar-refractivity contribution in [1.82, 2.24) is 0 Å². The molecular formula is C9H8Cl2O2. The second-order valence-corrected chi connectivity index (χ2v) is 3.52. The van der Waals surface area contributed by atoms with E-state index in [0.717, 1.165) is 0 Å². The Hall–Kier alpha value is -0.730. The van der Waals surface area contributed by atoms with Crippen LogP contribution in [0, 0.1) is 0 Å². The third-order valence-electron chi connectivity index (χ3n) is 1.60. The topological polar surface area (TPSA) is 37.3 Å². The number of carboxylic acids is 1. The van der Waals surface area contributed by atoms with Crippen molar-refractivity contribution in [2.45, 2.75) is 11.8 Å². The predicted molar refractivity (Wildman–Crippen MR) is 52.3 cm³/mol. The van der Waals surface area contributed by atoms with Crippen LogP contribution in [0.4, 0.5) is 0 Å². The van der Waals surface area contributed by atoms with Gasteiger partial charge in [-0.25, -0.2) is 0 Å². The Morgan fingerprint density at radius 3 is 2.62 bits per heavy atom. The number of rotatable bonds is 3. The van der Waals surface area contributed by atoms with E-state index < -0.39 is 11.3 Å². The lowest BCUT2D eigenvalue weighted by atomic mass is 10.1. The smallest absolute Gasteiger partial charge is 0.305 e. The highest BCUT2D eigenvalue weighted by Crippen LogP contribution is 2.29. The molecule has 0 aliphatic rings. The zero-order chi connectivity index (χ0) is 9.84. The number of halogens is 2. The zero-order valence-corrected chi connectivity index (χ0v) is 8.22. The molecule has 1 N–H and O–H groups in total. The molecule has 0 heterocycles. The summed E-state index contributed by atoms with van der Waals surface area (Å²) in [6, 6.07) is 6.96. The monoisotopic (exact) mass is 218 g/mol. The summed E-state index contributed by atoms with van der Waals surface area (Å²) >= 11 is 11.7. The van der Waals surface area contributed by atoms with Crippen LogP contribution in [0.3, 0.4) is 0 Å².